The quantitative estimate of drug-likeness (QED) is 0.572. The number of halogens is 1. The first kappa shape index (κ1) is 11.8. The Morgan fingerprint density at radius 1 is 1.36 bits per heavy atom. The summed E-state index contributed by atoms with van der Waals surface area (Å²) in [5.74, 6) is 0.157. The van der Waals surface area contributed by atoms with E-state index in [4.69, 9.17) is 11.6 Å². The molecule has 2 atom stereocenters. The molecule has 0 aromatic rings. The first-order chi connectivity index (χ1) is 6.74. The lowest BCUT2D eigenvalue weighted by Crippen LogP contribution is -2.40. The maximum absolute atomic E-state index is 11.4. The molecule has 0 aromatic heterocycles. The van der Waals surface area contributed by atoms with Crippen LogP contribution in [-0.4, -0.2) is 17.3 Å². The second-order valence-corrected chi connectivity index (χ2v) is 4.64. The molecule has 14 heavy (non-hydrogen) atoms. The molecular formula is C11H20ClNO. The molecule has 1 aliphatic rings. The Bertz CT molecular complexity index is 184. The van der Waals surface area contributed by atoms with E-state index in [2.05, 4.69) is 5.32 Å². The maximum Gasteiger partial charge on any atom is 0.220 e. The molecule has 82 valence electrons. The van der Waals surface area contributed by atoms with Crippen molar-refractivity contribution >= 4 is 17.5 Å². The smallest absolute Gasteiger partial charge is 0.220 e. The van der Waals surface area contributed by atoms with Gasteiger partial charge in [0.1, 0.15) is 0 Å². The number of amides is 1. The van der Waals surface area contributed by atoms with Gasteiger partial charge in [-0.05, 0) is 19.3 Å². The average Bonchev–Trinajstić information content (AvgIpc) is 2.33. The predicted octanol–water partition coefficient (Wildman–Crippen LogP) is 2.84. The van der Waals surface area contributed by atoms with Crippen molar-refractivity contribution in [3.05, 3.63) is 0 Å². The van der Waals surface area contributed by atoms with Gasteiger partial charge in [-0.2, -0.15) is 0 Å². The molecule has 1 aliphatic carbocycles. The van der Waals surface area contributed by atoms with Crippen LogP contribution >= 0.6 is 11.6 Å². The van der Waals surface area contributed by atoms with Gasteiger partial charge in [0, 0.05) is 12.5 Å². The number of alkyl halides is 1. The standard InChI is InChI=1S/C11H20ClNO/c1-2-6-11(14)13-10-8-5-3-4-7-9(10)12/h9-10H,2-8H2,1H3,(H,13,14). The molecule has 0 radical (unpaired) electrons. The number of hydrogen-bond donors (Lipinski definition) is 1. The SMILES string of the molecule is CCCC(=O)NC1CCCCCC1Cl. The van der Waals surface area contributed by atoms with Crippen molar-refractivity contribution in [3.8, 4) is 0 Å². The second kappa shape index (κ2) is 6.28. The van der Waals surface area contributed by atoms with E-state index in [1.807, 2.05) is 6.92 Å². The van der Waals surface area contributed by atoms with E-state index in [0.29, 0.717) is 6.42 Å². The van der Waals surface area contributed by atoms with Crippen LogP contribution in [0.25, 0.3) is 0 Å². The Labute approximate surface area is 91.4 Å². The molecule has 1 amide bonds. The van der Waals surface area contributed by atoms with Crippen molar-refractivity contribution < 1.29 is 4.79 Å². The number of nitrogens with one attached hydrogen (secondary N) is 1. The molecule has 0 heterocycles. The summed E-state index contributed by atoms with van der Waals surface area (Å²) >= 11 is 6.22. The van der Waals surface area contributed by atoms with Crippen molar-refractivity contribution in [1.29, 1.82) is 0 Å². The number of rotatable bonds is 3. The highest BCUT2D eigenvalue weighted by Gasteiger charge is 2.22. The third-order valence-corrected chi connectivity index (χ3v) is 3.28. The minimum absolute atomic E-state index is 0.137. The third-order valence-electron chi connectivity index (χ3n) is 2.76. The molecule has 0 aromatic carbocycles. The fraction of sp³-hybridized carbons (Fsp3) is 0.909. The monoisotopic (exact) mass is 217 g/mol. The highest BCUT2D eigenvalue weighted by atomic mass is 35.5. The third kappa shape index (κ3) is 3.87. The van der Waals surface area contributed by atoms with Gasteiger partial charge in [0.2, 0.25) is 5.91 Å². The van der Waals surface area contributed by atoms with Crippen LogP contribution in [0.5, 0.6) is 0 Å². The summed E-state index contributed by atoms with van der Waals surface area (Å²) in [5.41, 5.74) is 0. The van der Waals surface area contributed by atoms with E-state index in [9.17, 15) is 4.79 Å². The molecule has 1 saturated carbocycles. The Morgan fingerprint density at radius 3 is 2.79 bits per heavy atom. The molecule has 2 nitrogen and oxygen atoms in total. The molecule has 0 saturated heterocycles. The van der Waals surface area contributed by atoms with Gasteiger partial charge in [0.15, 0.2) is 0 Å². The minimum atomic E-state index is 0.137. The van der Waals surface area contributed by atoms with Crippen molar-refractivity contribution in [2.45, 2.75) is 63.3 Å². The second-order valence-electron chi connectivity index (χ2n) is 4.08. The molecule has 0 bridgehead atoms. The molecule has 2 unspecified atom stereocenters. The highest BCUT2D eigenvalue weighted by Crippen LogP contribution is 2.22. The lowest BCUT2D eigenvalue weighted by Gasteiger charge is -2.20. The Kier molecular flexibility index (Phi) is 5.31. The summed E-state index contributed by atoms with van der Waals surface area (Å²) in [6.07, 6.45) is 7.27. The van der Waals surface area contributed by atoms with Crippen molar-refractivity contribution in [2.75, 3.05) is 0 Å². The largest absolute Gasteiger partial charge is 0.352 e. The van der Waals surface area contributed by atoms with Gasteiger partial charge in [-0.15, -0.1) is 11.6 Å². The lowest BCUT2D eigenvalue weighted by molar-refractivity contribution is -0.121. The van der Waals surface area contributed by atoms with Crippen molar-refractivity contribution in [2.24, 2.45) is 0 Å². The molecule has 1 fully saturated rings. The number of hydrogen-bond acceptors (Lipinski definition) is 1. The first-order valence-electron chi connectivity index (χ1n) is 5.67. The fourth-order valence-electron chi connectivity index (χ4n) is 1.93. The van der Waals surface area contributed by atoms with Crippen LogP contribution in [0.1, 0.15) is 51.9 Å². The van der Waals surface area contributed by atoms with E-state index in [1.165, 1.54) is 19.3 Å². The van der Waals surface area contributed by atoms with Crippen molar-refractivity contribution in [1.82, 2.24) is 5.32 Å². The van der Waals surface area contributed by atoms with E-state index < -0.39 is 0 Å². The van der Waals surface area contributed by atoms with Crippen LogP contribution in [0.3, 0.4) is 0 Å². The topological polar surface area (TPSA) is 29.1 Å². The number of carbonyl (C=O) groups is 1. The zero-order valence-electron chi connectivity index (χ0n) is 8.89. The highest BCUT2D eigenvalue weighted by molar-refractivity contribution is 6.21. The molecular weight excluding hydrogens is 198 g/mol. The van der Waals surface area contributed by atoms with Gasteiger partial charge < -0.3 is 5.32 Å². The predicted molar refractivity (Wildman–Crippen MR) is 59.6 cm³/mol. The summed E-state index contributed by atoms with van der Waals surface area (Å²) in [6.45, 7) is 2.02. The average molecular weight is 218 g/mol. The molecule has 1 rings (SSSR count). The van der Waals surface area contributed by atoms with Gasteiger partial charge in [-0.1, -0.05) is 26.2 Å². The van der Waals surface area contributed by atoms with Crippen LogP contribution < -0.4 is 5.32 Å². The van der Waals surface area contributed by atoms with Crippen LogP contribution in [0.15, 0.2) is 0 Å². The molecule has 0 spiro atoms. The van der Waals surface area contributed by atoms with Gasteiger partial charge >= 0.3 is 0 Å². The van der Waals surface area contributed by atoms with Crippen LogP contribution in [-0.2, 0) is 4.79 Å². The van der Waals surface area contributed by atoms with Gasteiger partial charge in [0.25, 0.3) is 0 Å². The summed E-state index contributed by atoms with van der Waals surface area (Å²) in [5, 5.41) is 3.18. The van der Waals surface area contributed by atoms with Gasteiger partial charge in [-0.3, -0.25) is 4.79 Å². The molecule has 1 N–H and O–H groups in total. The Balaban J connectivity index is 2.36. The summed E-state index contributed by atoms with van der Waals surface area (Å²) in [4.78, 5) is 11.4. The van der Waals surface area contributed by atoms with Gasteiger partial charge in [-0.25, -0.2) is 0 Å². The fourth-order valence-corrected chi connectivity index (χ4v) is 2.27. The minimum Gasteiger partial charge on any atom is -0.352 e. The Hall–Kier alpha value is -0.240. The normalized spacial score (nSPS) is 28.1. The van der Waals surface area contributed by atoms with Crippen LogP contribution in [0, 0.1) is 0 Å². The molecule has 3 heteroatoms. The van der Waals surface area contributed by atoms with E-state index in [-0.39, 0.29) is 17.3 Å². The van der Waals surface area contributed by atoms with E-state index in [0.717, 1.165) is 19.3 Å². The Morgan fingerprint density at radius 2 is 2.07 bits per heavy atom. The zero-order chi connectivity index (χ0) is 10.4. The number of carbonyl (C=O) groups excluding carboxylic acids is 1. The first-order valence-corrected chi connectivity index (χ1v) is 6.11. The van der Waals surface area contributed by atoms with E-state index >= 15 is 0 Å². The zero-order valence-corrected chi connectivity index (χ0v) is 9.65. The van der Waals surface area contributed by atoms with Crippen LogP contribution in [0.4, 0.5) is 0 Å². The van der Waals surface area contributed by atoms with Gasteiger partial charge in [0.05, 0.1) is 5.38 Å². The molecule has 0 aliphatic heterocycles. The van der Waals surface area contributed by atoms with Crippen molar-refractivity contribution in [3.63, 3.8) is 0 Å². The maximum atomic E-state index is 11.4. The lowest BCUT2D eigenvalue weighted by atomic mass is 10.1. The summed E-state index contributed by atoms with van der Waals surface area (Å²) < 4.78 is 0. The summed E-state index contributed by atoms with van der Waals surface area (Å²) in [6, 6.07) is 0.207. The van der Waals surface area contributed by atoms with E-state index in [1.54, 1.807) is 0 Å². The summed E-state index contributed by atoms with van der Waals surface area (Å²) in [7, 11) is 0. The van der Waals surface area contributed by atoms with Crippen LogP contribution in [0.2, 0.25) is 0 Å².